The zero-order chi connectivity index (χ0) is 17.4. The Hall–Kier alpha value is -1.52. The monoisotopic (exact) mass is 349 g/mol. The van der Waals surface area contributed by atoms with E-state index in [4.69, 9.17) is 14.9 Å². The van der Waals surface area contributed by atoms with Crippen molar-refractivity contribution >= 4 is 24.6 Å². The molecule has 1 aromatic rings. The first-order valence-electron chi connectivity index (χ1n) is 6.48. The Labute approximate surface area is 130 Å². The molecule has 1 aromatic carbocycles. The van der Waals surface area contributed by atoms with Gasteiger partial charge in [-0.3, -0.25) is 4.57 Å². The summed E-state index contributed by atoms with van der Waals surface area (Å²) in [4.78, 5) is 30.0. The molecule has 1 saturated heterocycles. The topological polar surface area (TPSA) is 177 Å². The van der Waals surface area contributed by atoms with E-state index >= 15 is 0 Å². The van der Waals surface area contributed by atoms with E-state index in [2.05, 4.69) is 5.32 Å². The van der Waals surface area contributed by atoms with Gasteiger partial charge < -0.3 is 40.3 Å². The molecule has 1 unspecified atom stereocenters. The highest BCUT2D eigenvalue weighted by atomic mass is 31.2. The Morgan fingerprint density at radius 3 is 2.39 bits per heavy atom. The molecule has 1 aliphatic rings. The number of ether oxygens (including phenoxy) is 1. The first-order valence-corrected chi connectivity index (χ1v) is 8.09. The van der Waals surface area contributed by atoms with Crippen LogP contribution in [-0.4, -0.2) is 67.3 Å². The van der Waals surface area contributed by atoms with Crippen LogP contribution >= 0.6 is 7.60 Å². The molecule has 0 spiro atoms. The van der Waals surface area contributed by atoms with Crippen LogP contribution in [0.5, 0.6) is 0 Å². The lowest BCUT2D eigenvalue weighted by molar-refractivity contribution is -0.0153. The summed E-state index contributed by atoms with van der Waals surface area (Å²) in [5.74, 6) is -1.45. The number of rotatable bonds is 5. The van der Waals surface area contributed by atoms with Crippen molar-refractivity contribution in [2.24, 2.45) is 0 Å². The predicted octanol–water partition coefficient (Wildman–Crippen LogP) is -1.96. The van der Waals surface area contributed by atoms with Gasteiger partial charge in [0.25, 0.3) is 0 Å². The fourth-order valence-electron chi connectivity index (χ4n) is 2.27. The second-order valence-electron chi connectivity index (χ2n) is 4.95. The second kappa shape index (κ2) is 6.54. The van der Waals surface area contributed by atoms with Gasteiger partial charge in [0.15, 0.2) is 6.23 Å². The molecule has 128 valence electrons. The molecule has 11 heteroatoms. The van der Waals surface area contributed by atoms with Crippen molar-refractivity contribution in [2.45, 2.75) is 24.5 Å². The van der Waals surface area contributed by atoms with Crippen molar-refractivity contribution < 1.29 is 44.3 Å². The third-order valence-corrected chi connectivity index (χ3v) is 4.42. The Kier molecular flexibility index (Phi) is 5.07. The number of carboxylic acid groups (broad SMARTS) is 1. The predicted molar refractivity (Wildman–Crippen MR) is 76.5 cm³/mol. The van der Waals surface area contributed by atoms with Crippen molar-refractivity contribution in [1.82, 2.24) is 0 Å². The van der Waals surface area contributed by atoms with Crippen LogP contribution in [0.4, 0.5) is 5.69 Å². The third kappa shape index (κ3) is 3.54. The number of nitrogens with one attached hydrogen (secondary N) is 1. The molecule has 1 aliphatic heterocycles. The van der Waals surface area contributed by atoms with E-state index in [0.29, 0.717) is 0 Å². The smallest absolute Gasteiger partial charge is 0.358 e. The Bertz CT molecular complexity index is 645. The van der Waals surface area contributed by atoms with Gasteiger partial charge in [-0.15, -0.1) is 0 Å². The molecule has 0 radical (unpaired) electrons. The molecule has 2 rings (SSSR count). The lowest BCUT2D eigenvalue weighted by Crippen LogP contribution is -2.37. The summed E-state index contributed by atoms with van der Waals surface area (Å²) < 4.78 is 16.7. The quantitative estimate of drug-likeness (QED) is 0.295. The summed E-state index contributed by atoms with van der Waals surface area (Å²) in [5, 5.41) is 39.5. The zero-order valence-corrected chi connectivity index (χ0v) is 12.5. The van der Waals surface area contributed by atoms with Gasteiger partial charge in [-0.1, -0.05) is 6.07 Å². The van der Waals surface area contributed by atoms with E-state index in [1.54, 1.807) is 0 Å². The summed E-state index contributed by atoms with van der Waals surface area (Å²) in [6, 6.07) is 3.32. The number of para-hydroxylation sites is 1. The highest BCUT2D eigenvalue weighted by Crippen LogP contribution is 2.38. The molecule has 23 heavy (non-hydrogen) atoms. The van der Waals surface area contributed by atoms with Crippen molar-refractivity contribution in [3.8, 4) is 0 Å². The molecule has 0 saturated carbocycles. The van der Waals surface area contributed by atoms with Crippen LogP contribution in [-0.2, 0) is 9.30 Å². The number of aliphatic hydroxyl groups is 3. The van der Waals surface area contributed by atoms with E-state index < -0.39 is 61.3 Å². The van der Waals surface area contributed by atoms with Gasteiger partial charge in [0.05, 0.1) is 23.2 Å². The highest BCUT2D eigenvalue weighted by Gasteiger charge is 2.43. The summed E-state index contributed by atoms with van der Waals surface area (Å²) >= 11 is 0. The van der Waals surface area contributed by atoms with E-state index in [1.807, 2.05) is 0 Å². The lowest BCUT2D eigenvalue weighted by atomic mass is 10.1. The minimum atomic E-state index is -4.81. The average Bonchev–Trinajstić information content (AvgIpc) is 2.74. The van der Waals surface area contributed by atoms with Crippen LogP contribution in [0.15, 0.2) is 18.2 Å². The van der Waals surface area contributed by atoms with Crippen LogP contribution in [0.2, 0.25) is 0 Å². The van der Waals surface area contributed by atoms with Gasteiger partial charge in [0.2, 0.25) is 0 Å². The fraction of sp³-hybridized carbons (Fsp3) is 0.417. The minimum Gasteiger partial charge on any atom is -0.478 e. The SMILES string of the molecule is O=C(O)c1cccc(P(=O)(O)O)c1NC1O[C@H](CO)[C@@H](O)[C@H]1O. The van der Waals surface area contributed by atoms with Crippen LogP contribution in [0, 0.1) is 0 Å². The number of aromatic carboxylic acids is 1. The Morgan fingerprint density at radius 1 is 1.26 bits per heavy atom. The number of carboxylic acids is 1. The number of aliphatic hydroxyl groups excluding tert-OH is 3. The number of anilines is 1. The fourth-order valence-corrected chi connectivity index (χ4v) is 3.03. The molecule has 10 nitrogen and oxygen atoms in total. The maximum atomic E-state index is 11.5. The van der Waals surface area contributed by atoms with Crippen LogP contribution in [0.1, 0.15) is 10.4 Å². The molecule has 0 amide bonds. The van der Waals surface area contributed by atoms with Gasteiger partial charge in [0, 0.05) is 0 Å². The number of hydrogen-bond acceptors (Lipinski definition) is 7. The maximum Gasteiger partial charge on any atom is 0.358 e. The summed E-state index contributed by atoms with van der Waals surface area (Å²) in [5.41, 5.74) is -0.869. The van der Waals surface area contributed by atoms with Crippen molar-refractivity contribution in [3.63, 3.8) is 0 Å². The maximum absolute atomic E-state index is 11.5. The molecule has 4 atom stereocenters. The number of benzene rings is 1. The van der Waals surface area contributed by atoms with Gasteiger partial charge in [-0.2, -0.15) is 0 Å². The van der Waals surface area contributed by atoms with Crippen molar-refractivity contribution in [3.05, 3.63) is 23.8 Å². The largest absolute Gasteiger partial charge is 0.478 e. The van der Waals surface area contributed by atoms with Crippen LogP contribution in [0.3, 0.4) is 0 Å². The molecule has 1 fully saturated rings. The van der Waals surface area contributed by atoms with Crippen LogP contribution < -0.4 is 10.6 Å². The van der Waals surface area contributed by atoms with E-state index in [1.165, 1.54) is 6.07 Å². The van der Waals surface area contributed by atoms with E-state index in [9.17, 15) is 29.4 Å². The molecule has 1 heterocycles. The van der Waals surface area contributed by atoms with Gasteiger partial charge in [0.1, 0.15) is 18.3 Å². The van der Waals surface area contributed by atoms with E-state index in [-0.39, 0.29) is 0 Å². The molecular formula is C12H16NO9P. The normalized spacial score (nSPS) is 27.9. The molecule has 7 N–H and O–H groups in total. The van der Waals surface area contributed by atoms with Crippen molar-refractivity contribution in [1.29, 1.82) is 0 Å². The first-order chi connectivity index (χ1) is 10.7. The lowest BCUT2D eigenvalue weighted by Gasteiger charge is -2.21. The van der Waals surface area contributed by atoms with Gasteiger partial charge in [-0.25, -0.2) is 4.79 Å². The third-order valence-electron chi connectivity index (χ3n) is 3.42. The molecule has 0 bridgehead atoms. The number of hydrogen-bond donors (Lipinski definition) is 7. The highest BCUT2D eigenvalue weighted by molar-refractivity contribution is 7.60. The second-order valence-corrected chi connectivity index (χ2v) is 6.52. The van der Waals surface area contributed by atoms with E-state index in [0.717, 1.165) is 12.1 Å². The van der Waals surface area contributed by atoms with Gasteiger partial charge >= 0.3 is 13.6 Å². The summed E-state index contributed by atoms with van der Waals surface area (Å²) in [7, 11) is -4.81. The molecule has 0 aromatic heterocycles. The molecular weight excluding hydrogens is 333 g/mol. The first kappa shape index (κ1) is 17.8. The Morgan fingerprint density at radius 2 is 1.91 bits per heavy atom. The van der Waals surface area contributed by atoms with Crippen LogP contribution in [0.25, 0.3) is 0 Å². The standard InChI is InChI=1S/C12H16NO9P/c14-4-6-9(15)10(16)11(22-6)13-8-5(12(17)18)2-1-3-7(8)23(19,20)21/h1-3,6,9-11,13-16H,4H2,(H,17,18)(H2,19,20,21)/t6-,9-,10-,11?/m1/s1. The van der Waals surface area contributed by atoms with Gasteiger partial charge in [-0.05, 0) is 12.1 Å². The zero-order valence-electron chi connectivity index (χ0n) is 11.6. The summed E-state index contributed by atoms with van der Waals surface area (Å²) in [6.07, 6.45) is -5.43. The number of carbonyl (C=O) groups is 1. The molecule has 0 aliphatic carbocycles. The Balaban J connectivity index is 2.43. The van der Waals surface area contributed by atoms with Crippen molar-refractivity contribution in [2.75, 3.05) is 11.9 Å². The minimum absolute atomic E-state index is 0.428. The average molecular weight is 349 g/mol. The summed E-state index contributed by atoms with van der Waals surface area (Å²) in [6.45, 7) is -0.595.